The molecule has 1 fully saturated rings. The van der Waals surface area contributed by atoms with Crippen molar-refractivity contribution in [2.75, 3.05) is 0 Å². The number of halogens is 3. The third kappa shape index (κ3) is 2.70. The number of rotatable bonds is 3. The second-order valence-electron chi connectivity index (χ2n) is 4.75. The van der Waals surface area contributed by atoms with Crippen LogP contribution in [0.2, 0.25) is 0 Å². The molecule has 1 saturated carbocycles. The average molecular weight is 274 g/mol. The first kappa shape index (κ1) is 13.8. The van der Waals surface area contributed by atoms with Crippen LogP contribution in [0.4, 0.5) is 13.2 Å². The molecule has 0 saturated heterocycles. The van der Waals surface area contributed by atoms with Gasteiger partial charge >= 0.3 is 6.18 Å². The van der Waals surface area contributed by atoms with Crippen LogP contribution >= 0.6 is 0 Å². The number of carbonyl (C=O) groups is 1. The number of hydrogen-bond donors (Lipinski definition) is 1. The minimum absolute atomic E-state index is 0.0254. The highest BCUT2D eigenvalue weighted by molar-refractivity contribution is 6.05. The van der Waals surface area contributed by atoms with Gasteiger partial charge in [-0.2, -0.15) is 18.3 Å². The van der Waals surface area contributed by atoms with Crippen LogP contribution in [-0.4, -0.2) is 32.4 Å². The van der Waals surface area contributed by atoms with Crippen molar-refractivity contribution in [1.29, 1.82) is 0 Å². The molecule has 19 heavy (non-hydrogen) atoms. The Kier molecular flexibility index (Phi) is 3.04. The van der Waals surface area contributed by atoms with Gasteiger partial charge in [0.2, 0.25) is 0 Å². The van der Waals surface area contributed by atoms with E-state index in [1.165, 1.54) is 10.9 Å². The molecule has 0 unspecified atom stereocenters. The van der Waals surface area contributed by atoms with Gasteiger partial charge in [-0.3, -0.25) is 9.48 Å². The Hall–Kier alpha value is -1.63. The molecule has 0 bridgehead atoms. The molecule has 2 rings (SSSR count). The molecule has 4 nitrogen and oxygen atoms in total. The van der Waals surface area contributed by atoms with Gasteiger partial charge in [-0.15, -0.1) is 0 Å². The molecule has 1 heterocycles. The number of aromatic nitrogens is 2. The van der Waals surface area contributed by atoms with Gasteiger partial charge in [0, 0.05) is 13.2 Å². The molecule has 0 radical (unpaired) electrons. The smallest absolute Gasteiger partial charge is 0.385 e. The van der Waals surface area contributed by atoms with Crippen LogP contribution in [0.1, 0.15) is 28.9 Å². The fraction of sp³-hybridized carbons (Fsp3) is 0.500. The molecule has 1 aliphatic rings. The number of aliphatic hydroxyl groups is 1. The number of hydrogen-bond acceptors (Lipinski definition) is 3. The Morgan fingerprint density at radius 2 is 2.11 bits per heavy atom. The number of carbonyl (C=O) groups excluding carboxylic acids is 1. The zero-order chi connectivity index (χ0) is 14.4. The Bertz CT molecular complexity index is 547. The molecule has 104 valence electrons. The summed E-state index contributed by atoms with van der Waals surface area (Å²) in [5.41, 5.74) is -2.61. The van der Waals surface area contributed by atoms with Crippen molar-refractivity contribution < 1.29 is 23.1 Å². The summed E-state index contributed by atoms with van der Waals surface area (Å²) in [6.07, 6.45) is -2.82. The van der Waals surface area contributed by atoms with Crippen molar-refractivity contribution in [1.82, 2.24) is 9.78 Å². The third-order valence-electron chi connectivity index (χ3n) is 3.08. The van der Waals surface area contributed by atoms with E-state index in [9.17, 15) is 23.1 Å². The topological polar surface area (TPSA) is 55.1 Å². The number of allylic oxidation sites excluding steroid dienone is 1. The van der Waals surface area contributed by atoms with Crippen molar-refractivity contribution in [3.63, 3.8) is 0 Å². The van der Waals surface area contributed by atoms with Gasteiger partial charge < -0.3 is 5.11 Å². The van der Waals surface area contributed by atoms with Gasteiger partial charge in [0.05, 0.1) is 22.4 Å². The number of nitrogens with zero attached hydrogens (tertiary/aromatic N) is 2. The summed E-state index contributed by atoms with van der Waals surface area (Å²) in [5.74, 6) is -0.793. The Morgan fingerprint density at radius 3 is 2.47 bits per heavy atom. The Labute approximate surface area is 107 Å². The molecular formula is C12H13F3N2O2. The highest BCUT2D eigenvalue weighted by Gasteiger charge is 2.55. The predicted octanol–water partition coefficient (Wildman–Crippen LogP) is 1.92. The minimum Gasteiger partial charge on any atom is -0.385 e. The van der Waals surface area contributed by atoms with E-state index in [0.717, 1.165) is 0 Å². The Morgan fingerprint density at radius 1 is 1.53 bits per heavy atom. The molecule has 1 aromatic rings. The molecule has 1 aromatic heterocycles. The van der Waals surface area contributed by atoms with Gasteiger partial charge in [0.25, 0.3) is 0 Å². The molecule has 0 spiro atoms. The average Bonchev–Trinajstić information content (AvgIpc) is 2.90. The van der Waals surface area contributed by atoms with Crippen molar-refractivity contribution in [3.05, 3.63) is 29.1 Å². The summed E-state index contributed by atoms with van der Waals surface area (Å²) >= 11 is 0. The molecule has 0 aromatic carbocycles. The number of alkyl halides is 3. The first-order valence-corrected chi connectivity index (χ1v) is 5.70. The van der Waals surface area contributed by atoms with Crippen LogP contribution in [0.25, 0.3) is 0 Å². The highest BCUT2D eigenvalue weighted by Crippen LogP contribution is 2.48. The third-order valence-corrected chi connectivity index (χ3v) is 3.08. The SMILES string of the molecule is Cc1nn(C)cc1C(=O)/C=C(\C(F)(F)F)C1(O)CC1. The normalized spacial score (nSPS) is 18.5. The summed E-state index contributed by atoms with van der Waals surface area (Å²) in [6, 6.07) is 0. The van der Waals surface area contributed by atoms with Gasteiger partial charge in [-0.05, 0) is 25.8 Å². The summed E-state index contributed by atoms with van der Waals surface area (Å²) in [4.78, 5) is 11.9. The van der Waals surface area contributed by atoms with Gasteiger partial charge in [0.1, 0.15) is 0 Å². The van der Waals surface area contributed by atoms with Crippen molar-refractivity contribution >= 4 is 5.78 Å². The molecule has 7 heteroatoms. The predicted molar refractivity (Wildman–Crippen MR) is 60.6 cm³/mol. The van der Waals surface area contributed by atoms with Crippen LogP contribution < -0.4 is 0 Å². The van der Waals surface area contributed by atoms with Crippen LogP contribution in [0.3, 0.4) is 0 Å². The van der Waals surface area contributed by atoms with Crippen molar-refractivity contribution in [2.45, 2.75) is 31.5 Å². The first-order chi connectivity index (χ1) is 8.63. The maximum Gasteiger partial charge on any atom is 0.415 e. The van der Waals surface area contributed by atoms with Crippen LogP contribution in [0.15, 0.2) is 17.8 Å². The van der Waals surface area contributed by atoms with Crippen LogP contribution in [0.5, 0.6) is 0 Å². The quantitative estimate of drug-likeness (QED) is 0.677. The molecule has 0 amide bonds. The van der Waals surface area contributed by atoms with E-state index in [-0.39, 0.29) is 18.4 Å². The second kappa shape index (κ2) is 4.19. The zero-order valence-electron chi connectivity index (χ0n) is 10.5. The molecule has 1 aliphatic carbocycles. The lowest BCUT2D eigenvalue weighted by atomic mass is 10.0. The van der Waals surface area contributed by atoms with E-state index >= 15 is 0 Å². The number of ketones is 1. The number of aryl methyl sites for hydroxylation is 2. The lowest BCUT2D eigenvalue weighted by molar-refractivity contribution is -0.108. The van der Waals surface area contributed by atoms with E-state index in [4.69, 9.17) is 0 Å². The fourth-order valence-corrected chi connectivity index (χ4v) is 1.92. The molecule has 0 aliphatic heterocycles. The fourth-order valence-electron chi connectivity index (χ4n) is 1.92. The largest absolute Gasteiger partial charge is 0.415 e. The van der Waals surface area contributed by atoms with E-state index in [1.54, 1.807) is 14.0 Å². The summed E-state index contributed by atoms with van der Waals surface area (Å²) in [6.45, 7) is 1.54. The highest BCUT2D eigenvalue weighted by atomic mass is 19.4. The van der Waals surface area contributed by atoms with Crippen LogP contribution in [-0.2, 0) is 7.05 Å². The maximum absolute atomic E-state index is 12.8. The van der Waals surface area contributed by atoms with E-state index in [0.29, 0.717) is 11.8 Å². The Balaban J connectivity index is 2.37. The molecule has 1 N–H and O–H groups in total. The lowest BCUT2D eigenvalue weighted by Gasteiger charge is -2.16. The molecule has 0 atom stereocenters. The summed E-state index contributed by atoms with van der Waals surface area (Å²) in [5, 5.41) is 13.5. The van der Waals surface area contributed by atoms with Gasteiger partial charge in [-0.25, -0.2) is 0 Å². The second-order valence-corrected chi connectivity index (χ2v) is 4.75. The van der Waals surface area contributed by atoms with Gasteiger partial charge in [-0.1, -0.05) is 0 Å². The van der Waals surface area contributed by atoms with Crippen molar-refractivity contribution in [3.8, 4) is 0 Å². The summed E-state index contributed by atoms with van der Waals surface area (Å²) in [7, 11) is 1.58. The van der Waals surface area contributed by atoms with E-state index in [2.05, 4.69) is 5.10 Å². The molecular weight excluding hydrogens is 261 g/mol. The van der Waals surface area contributed by atoms with Crippen LogP contribution in [0, 0.1) is 6.92 Å². The van der Waals surface area contributed by atoms with Crippen molar-refractivity contribution in [2.24, 2.45) is 7.05 Å². The summed E-state index contributed by atoms with van der Waals surface area (Å²) < 4.78 is 39.9. The van der Waals surface area contributed by atoms with Gasteiger partial charge in [0.15, 0.2) is 5.78 Å². The van der Waals surface area contributed by atoms with E-state index < -0.39 is 23.1 Å². The monoisotopic (exact) mass is 274 g/mol. The first-order valence-electron chi connectivity index (χ1n) is 5.70. The minimum atomic E-state index is -4.71. The van der Waals surface area contributed by atoms with E-state index in [1.807, 2.05) is 0 Å². The zero-order valence-corrected chi connectivity index (χ0v) is 10.5. The maximum atomic E-state index is 12.8. The standard InChI is InChI=1S/C12H13F3N2O2/c1-7-8(6-17(2)16-7)9(18)5-10(12(13,14)15)11(19)3-4-11/h5-6,19H,3-4H2,1-2H3/b10-5-. The lowest BCUT2D eigenvalue weighted by Crippen LogP contribution is -2.26.